The first kappa shape index (κ1) is 14.4. The van der Waals surface area contributed by atoms with Gasteiger partial charge in [-0.05, 0) is 61.9 Å². The van der Waals surface area contributed by atoms with Crippen LogP contribution >= 0.6 is 11.3 Å². The molecule has 0 bridgehead atoms. The van der Waals surface area contributed by atoms with Crippen LogP contribution in [0.5, 0.6) is 0 Å². The van der Waals surface area contributed by atoms with Crippen LogP contribution in [0.15, 0.2) is 16.8 Å². The van der Waals surface area contributed by atoms with Crippen LogP contribution in [0.3, 0.4) is 0 Å². The number of nitrogens with one attached hydrogen (secondary N) is 1. The minimum absolute atomic E-state index is 0.202. The summed E-state index contributed by atoms with van der Waals surface area (Å²) in [5.74, 6) is 0.644. The molecule has 2 nitrogen and oxygen atoms in total. The molecular weight excluding hydrogens is 262 g/mol. The van der Waals surface area contributed by atoms with Crippen molar-refractivity contribution in [2.24, 2.45) is 5.92 Å². The monoisotopic (exact) mass is 285 g/mol. The molecule has 0 spiro atoms. The Morgan fingerprint density at radius 3 is 2.56 bits per heavy atom. The Morgan fingerprint density at radius 2 is 2.06 bits per heavy atom. The molecule has 0 radical (unpaired) electrons. The molecule has 4 heteroatoms. The normalized spacial score (nSPS) is 21.1. The van der Waals surface area contributed by atoms with Crippen LogP contribution in [-0.2, 0) is 11.4 Å². The van der Waals surface area contributed by atoms with E-state index < -0.39 is 11.4 Å². The van der Waals surface area contributed by atoms with Crippen molar-refractivity contribution in [3.63, 3.8) is 0 Å². The van der Waals surface area contributed by atoms with Crippen LogP contribution in [0.1, 0.15) is 58.1 Å². The highest BCUT2D eigenvalue weighted by Gasteiger charge is 2.34. The third-order valence-electron chi connectivity index (χ3n) is 3.56. The molecule has 1 N–H and O–H groups in total. The van der Waals surface area contributed by atoms with E-state index in [9.17, 15) is 4.55 Å². The molecule has 0 unspecified atom stereocenters. The molecule has 1 aromatic rings. The van der Waals surface area contributed by atoms with Gasteiger partial charge >= 0.3 is 0 Å². The van der Waals surface area contributed by atoms with Gasteiger partial charge in [-0.2, -0.15) is 11.3 Å². The van der Waals surface area contributed by atoms with Gasteiger partial charge in [-0.1, -0.05) is 12.8 Å². The van der Waals surface area contributed by atoms with E-state index in [-0.39, 0.29) is 10.8 Å². The fourth-order valence-electron chi connectivity index (χ4n) is 2.47. The van der Waals surface area contributed by atoms with Crippen molar-refractivity contribution in [1.82, 2.24) is 4.72 Å². The topological polar surface area (TPSA) is 35.1 Å². The molecule has 2 rings (SSSR count). The van der Waals surface area contributed by atoms with E-state index in [1.54, 1.807) is 11.3 Å². The van der Waals surface area contributed by atoms with Crippen LogP contribution in [0.2, 0.25) is 0 Å². The predicted molar refractivity (Wildman–Crippen MR) is 80.0 cm³/mol. The molecule has 1 heterocycles. The zero-order valence-electron chi connectivity index (χ0n) is 11.4. The number of thiophene rings is 1. The van der Waals surface area contributed by atoms with Gasteiger partial charge in [0.05, 0.1) is 6.04 Å². The van der Waals surface area contributed by atoms with Crippen LogP contribution in [0.25, 0.3) is 0 Å². The molecule has 102 valence electrons. The summed E-state index contributed by atoms with van der Waals surface area (Å²) in [6.45, 7) is 6.07. The van der Waals surface area contributed by atoms with E-state index in [1.165, 1.54) is 31.2 Å². The van der Waals surface area contributed by atoms with Gasteiger partial charge in [0.25, 0.3) is 0 Å². The Bertz CT molecular complexity index is 352. The molecular formula is C14H23NOS2. The van der Waals surface area contributed by atoms with E-state index in [4.69, 9.17) is 0 Å². The van der Waals surface area contributed by atoms with Crippen LogP contribution in [0.4, 0.5) is 0 Å². The minimum Gasteiger partial charge on any atom is -0.598 e. The van der Waals surface area contributed by atoms with E-state index in [1.807, 2.05) is 20.8 Å². The Balaban J connectivity index is 2.10. The zero-order valence-corrected chi connectivity index (χ0v) is 13.1. The second-order valence-electron chi connectivity index (χ2n) is 6.08. The summed E-state index contributed by atoms with van der Waals surface area (Å²) >= 11 is 0.729. The third-order valence-corrected chi connectivity index (χ3v) is 5.85. The van der Waals surface area contributed by atoms with Crippen molar-refractivity contribution in [2.75, 3.05) is 0 Å². The summed E-state index contributed by atoms with van der Waals surface area (Å²) in [4.78, 5) is 0. The van der Waals surface area contributed by atoms with Crippen molar-refractivity contribution in [2.45, 2.75) is 57.2 Å². The van der Waals surface area contributed by atoms with Gasteiger partial charge in [0.2, 0.25) is 0 Å². The Kier molecular flexibility index (Phi) is 4.75. The van der Waals surface area contributed by atoms with Crippen molar-refractivity contribution >= 4 is 22.7 Å². The van der Waals surface area contributed by atoms with Gasteiger partial charge in [-0.25, -0.2) is 0 Å². The molecule has 2 atom stereocenters. The second-order valence-corrected chi connectivity index (χ2v) is 8.86. The first-order valence-corrected chi connectivity index (χ1v) is 8.78. The van der Waals surface area contributed by atoms with Gasteiger partial charge in [-0.3, -0.25) is 0 Å². The standard InChI is InChI=1S/C14H23NOS2/c1-14(2,3)18(16)15-13(11-6-4-5-7-11)12-8-9-17-10-12/h8-11,13,15H,4-7H2,1-3H3/t13-,18-/m0/s1. The SMILES string of the molecule is CC(C)(C)[S@+]([O-])N[C@H](c1ccsc1)C1CCCC1. The van der Waals surface area contributed by atoms with Gasteiger partial charge in [0.15, 0.2) is 0 Å². The number of rotatable bonds is 4. The average molecular weight is 285 g/mol. The van der Waals surface area contributed by atoms with Crippen molar-refractivity contribution in [3.05, 3.63) is 22.4 Å². The lowest BCUT2D eigenvalue weighted by atomic mass is 9.94. The van der Waals surface area contributed by atoms with E-state index in [2.05, 4.69) is 21.5 Å². The predicted octanol–water partition coefficient (Wildman–Crippen LogP) is 4.03. The second kappa shape index (κ2) is 5.95. The smallest absolute Gasteiger partial charge is 0.136 e. The van der Waals surface area contributed by atoms with Crippen LogP contribution in [-0.4, -0.2) is 9.30 Å². The fraction of sp³-hybridized carbons (Fsp3) is 0.714. The molecule has 0 saturated heterocycles. The molecule has 1 aliphatic rings. The molecule has 0 aromatic carbocycles. The van der Waals surface area contributed by atoms with Crippen molar-refractivity contribution in [3.8, 4) is 0 Å². The molecule has 1 fully saturated rings. The van der Waals surface area contributed by atoms with E-state index in [0.717, 1.165) is 0 Å². The quantitative estimate of drug-likeness (QED) is 0.848. The van der Waals surface area contributed by atoms with E-state index in [0.29, 0.717) is 5.92 Å². The van der Waals surface area contributed by atoms with E-state index >= 15 is 0 Å². The Labute approximate surface area is 117 Å². The van der Waals surface area contributed by atoms with Gasteiger partial charge in [-0.15, -0.1) is 4.72 Å². The summed E-state index contributed by atoms with van der Waals surface area (Å²) in [7, 11) is 0. The number of hydrogen-bond donors (Lipinski definition) is 1. The maximum atomic E-state index is 12.3. The first-order valence-electron chi connectivity index (χ1n) is 6.68. The van der Waals surface area contributed by atoms with Crippen molar-refractivity contribution in [1.29, 1.82) is 0 Å². The van der Waals surface area contributed by atoms with Gasteiger partial charge in [0.1, 0.15) is 4.75 Å². The summed E-state index contributed by atoms with van der Waals surface area (Å²) < 4.78 is 15.5. The van der Waals surface area contributed by atoms with Crippen LogP contribution < -0.4 is 4.72 Å². The maximum Gasteiger partial charge on any atom is 0.136 e. The first-order chi connectivity index (χ1) is 8.48. The number of hydrogen-bond acceptors (Lipinski definition) is 3. The van der Waals surface area contributed by atoms with Crippen LogP contribution in [0, 0.1) is 5.92 Å². The summed E-state index contributed by atoms with van der Waals surface area (Å²) in [6.07, 6.45) is 5.15. The van der Waals surface area contributed by atoms with Crippen molar-refractivity contribution < 1.29 is 4.55 Å². The lowest BCUT2D eigenvalue weighted by molar-refractivity contribution is 0.406. The highest BCUT2D eigenvalue weighted by Crippen LogP contribution is 2.37. The summed E-state index contributed by atoms with van der Waals surface area (Å²) in [6, 6.07) is 2.43. The summed E-state index contributed by atoms with van der Waals surface area (Å²) in [5, 5.41) is 4.30. The molecule has 18 heavy (non-hydrogen) atoms. The Morgan fingerprint density at radius 1 is 1.39 bits per heavy atom. The minimum atomic E-state index is -0.993. The molecule has 1 aliphatic carbocycles. The average Bonchev–Trinajstić information content (AvgIpc) is 2.97. The van der Waals surface area contributed by atoms with Gasteiger partial charge < -0.3 is 4.55 Å². The molecule has 0 aliphatic heterocycles. The third kappa shape index (κ3) is 3.50. The van der Waals surface area contributed by atoms with Gasteiger partial charge in [0, 0.05) is 11.4 Å². The Hall–Kier alpha value is -0.0300. The zero-order chi connectivity index (χ0) is 13.2. The largest absolute Gasteiger partial charge is 0.598 e. The molecule has 1 saturated carbocycles. The fourth-order valence-corrected chi connectivity index (χ4v) is 4.08. The summed E-state index contributed by atoms with van der Waals surface area (Å²) in [5.41, 5.74) is 1.31. The lowest BCUT2D eigenvalue weighted by Crippen LogP contribution is -2.42. The maximum absolute atomic E-state index is 12.3. The molecule has 1 aromatic heterocycles. The highest BCUT2D eigenvalue weighted by molar-refractivity contribution is 7.90. The lowest BCUT2D eigenvalue weighted by Gasteiger charge is -2.30. The highest BCUT2D eigenvalue weighted by atomic mass is 32.2. The molecule has 0 amide bonds.